The van der Waals surface area contributed by atoms with E-state index < -0.39 is 0 Å². The van der Waals surface area contributed by atoms with Crippen LogP contribution in [-0.4, -0.2) is 12.7 Å². The summed E-state index contributed by atoms with van der Waals surface area (Å²) in [5.41, 5.74) is 2.66. The second kappa shape index (κ2) is 5.68. The molecule has 2 heterocycles. The lowest BCUT2D eigenvalue weighted by molar-refractivity contribution is -0.120. The first-order valence-corrected chi connectivity index (χ1v) is 7.40. The molecule has 0 bridgehead atoms. The summed E-state index contributed by atoms with van der Waals surface area (Å²) in [5.74, 6) is 1.41. The predicted molar refractivity (Wildman–Crippen MR) is 84.3 cm³/mol. The van der Waals surface area contributed by atoms with E-state index in [-0.39, 0.29) is 12.7 Å². The fraction of sp³-hybridized carbons (Fsp3) is 0.167. The van der Waals surface area contributed by atoms with Crippen LogP contribution in [0.2, 0.25) is 0 Å². The van der Waals surface area contributed by atoms with Gasteiger partial charge in [-0.1, -0.05) is 24.3 Å². The molecule has 23 heavy (non-hydrogen) atoms. The average Bonchev–Trinajstić information content (AvgIpc) is 3.20. The normalized spacial score (nSPS) is 12.5. The fourth-order valence-electron chi connectivity index (χ4n) is 2.66. The molecular weight excluding hydrogens is 294 g/mol. The summed E-state index contributed by atoms with van der Waals surface area (Å²) in [4.78, 5) is 12.2. The third kappa shape index (κ3) is 2.73. The largest absolute Gasteiger partial charge is 0.464 e. The first kappa shape index (κ1) is 13.7. The van der Waals surface area contributed by atoms with Gasteiger partial charge in [0.05, 0.1) is 12.7 Å². The molecule has 0 saturated carbocycles. The summed E-state index contributed by atoms with van der Waals surface area (Å²) in [6, 6.07) is 13.4. The van der Waals surface area contributed by atoms with E-state index in [9.17, 15) is 4.79 Å². The highest BCUT2D eigenvalue weighted by Gasteiger charge is 2.14. The number of amides is 1. The molecule has 1 amide bonds. The molecule has 0 aliphatic carbocycles. The van der Waals surface area contributed by atoms with E-state index in [1.807, 2.05) is 42.5 Å². The SMILES string of the molecule is O=C(Cc1coc2ccccc12)NCc1ccc2c(c1)OCO2. The van der Waals surface area contributed by atoms with Crippen molar-refractivity contribution >= 4 is 16.9 Å². The monoisotopic (exact) mass is 309 g/mol. The topological polar surface area (TPSA) is 60.7 Å². The van der Waals surface area contributed by atoms with Gasteiger partial charge in [0.25, 0.3) is 0 Å². The van der Waals surface area contributed by atoms with Crippen LogP contribution < -0.4 is 14.8 Å². The van der Waals surface area contributed by atoms with Crippen LogP contribution in [0, 0.1) is 0 Å². The fourth-order valence-corrected chi connectivity index (χ4v) is 2.66. The molecule has 116 valence electrons. The molecule has 0 radical (unpaired) electrons. The van der Waals surface area contributed by atoms with Gasteiger partial charge in [0.2, 0.25) is 12.7 Å². The molecule has 1 N–H and O–H groups in total. The van der Waals surface area contributed by atoms with Gasteiger partial charge in [-0.2, -0.15) is 0 Å². The minimum absolute atomic E-state index is 0.0470. The number of hydrogen-bond acceptors (Lipinski definition) is 4. The lowest BCUT2D eigenvalue weighted by Gasteiger charge is -2.06. The van der Waals surface area contributed by atoms with Crippen LogP contribution in [0.5, 0.6) is 11.5 Å². The Morgan fingerprint density at radius 1 is 1.09 bits per heavy atom. The number of para-hydroxylation sites is 1. The number of ether oxygens (including phenoxy) is 2. The molecule has 1 aromatic heterocycles. The Morgan fingerprint density at radius 2 is 1.96 bits per heavy atom. The van der Waals surface area contributed by atoms with Crippen LogP contribution in [0.25, 0.3) is 11.0 Å². The van der Waals surface area contributed by atoms with E-state index in [4.69, 9.17) is 13.9 Å². The van der Waals surface area contributed by atoms with E-state index in [1.165, 1.54) is 0 Å². The molecule has 2 aromatic carbocycles. The van der Waals surface area contributed by atoms with Crippen molar-refractivity contribution in [3.63, 3.8) is 0 Å². The van der Waals surface area contributed by atoms with Crippen LogP contribution >= 0.6 is 0 Å². The van der Waals surface area contributed by atoms with Crippen LogP contribution in [0.15, 0.2) is 53.1 Å². The maximum atomic E-state index is 12.2. The zero-order valence-electron chi connectivity index (χ0n) is 12.4. The van der Waals surface area contributed by atoms with Crippen molar-refractivity contribution in [2.75, 3.05) is 6.79 Å². The van der Waals surface area contributed by atoms with Crippen LogP contribution in [0.4, 0.5) is 0 Å². The highest BCUT2D eigenvalue weighted by atomic mass is 16.7. The molecule has 4 rings (SSSR count). The lowest BCUT2D eigenvalue weighted by Crippen LogP contribution is -2.24. The second-order valence-electron chi connectivity index (χ2n) is 5.40. The van der Waals surface area contributed by atoms with Crippen molar-refractivity contribution in [2.45, 2.75) is 13.0 Å². The molecule has 1 aliphatic heterocycles. The zero-order chi connectivity index (χ0) is 15.6. The molecule has 0 unspecified atom stereocenters. The molecule has 0 saturated heterocycles. The van der Waals surface area contributed by atoms with Crippen molar-refractivity contribution in [1.29, 1.82) is 0 Å². The molecule has 0 spiro atoms. The number of rotatable bonds is 4. The van der Waals surface area contributed by atoms with Gasteiger partial charge >= 0.3 is 0 Å². The summed E-state index contributed by atoms with van der Waals surface area (Å²) >= 11 is 0. The number of fused-ring (bicyclic) bond motifs is 2. The van der Waals surface area contributed by atoms with Crippen LogP contribution in [0.3, 0.4) is 0 Å². The molecule has 0 fully saturated rings. The van der Waals surface area contributed by atoms with E-state index in [0.717, 1.165) is 33.6 Å². The summed E-state index contributed by atoms with van der Waals surface area (Å²) in [6.07, 6.45) is 1.94. The van der Waals surface area contributed by atoms with Gasteiger partial charge in [0, 0.05) is 17.5 Å². The second-order valence-corrected chi connectivity index (χ2v) is 5.40. The number of benzene rings is 2. The van der Waals surface area contributed by atoms with Crippen LogP contribution in [-0.2, 0) is 17.8 Å². The van der Waals surface area contributed by atoms with Gasteiger partial charge in [0.1, 0.15) is 5.58 Å². The van der Waals surface area contributed by atoms with E-state index in [1.54, 1.807) is 6.26 Å². The van der Waals surface area contributed by atoms with Gasteiger partial charge < -0.3 is 19.2 Å². The number of carbonyl (C=O) groups excluding carboxylic acids is 1. The summed E-state index contributed by atoms with van der Waals surface area (Å²) < 4.78 is 16.1. The first-order chi connectivity index (χ1) is 11.3. The average molecular weight is 309 g/mol. The maximum Gasteiger partial charge on any atom is 0.231 e. The molecule has 5 nitrogen and oxygen atoms in total. The Labute approximate surface area is 132 Å². The first-order valence-electron chi connectivity index (χ1n) is 7.40. The Balaban J connectivity index is 1.40. The summed E-state index contributed by atoms with van der Waals surface area (Å²) in [6.45, 7) is 0.698. The lowest BCUT2D eigenvalue weighted by atomic mass is 10.1. The molecule has 1 aliphatic rings. The van der Waals surface area contributed by atoms with Gasteiger partial charge in [-0.15, -0.1) is 0 Å². The van der Waals surface area contributed by atoms with Gasteiger partial charge in [-0.3, -0.25) is 4.79 Å². The Bertz CT molecular complexity index is 868. The van der Waals surface area contributed by atoms with Crippen molar-refractivity contribution in [3.05, 3.63) is 59.9 Å². The maximum absolute atomic E-state index is 12.2. The highest BCUT2D eigenvalue weighted by molar-refractivity contribution is 5.87. The Kier molecular flexibility index (Phi) is 3.38. The molecule has 0 atom stereocenters. The summed E-state index contributed by atoms with van der Waals surface area (Å²) in [7, 11) is 0. The minimum atomic E-state index is -0.0470. The van der Waals surface area contributed by atoms with Crippen molar-refractivity contribution in [3.8, 4) is 11.5 Å². The highest BCUT2D eigenvalue weighted by Crippen LogP contribution is 2.32. The smallest absolute Gasteiger partial charge is 0.231 e. The van der Waals surface area contributed by atoms with E-state index in [0.29, 0.717) is 13.0 Å². The van der Waals surface area contributed by atoms with Gasteiger partial charge in [0.15, 0.2) is 11.5 Å². The molecule has 5 heteroatoms. The molecular formula is C18H15NO4. The zero-order valence-corrected chi connectivity index (χ0v) is 12.4. The summed E-state index contributed by atoms with van der Waals surface area (Å²) in [5, 5.41) is 3.89. The number of furan rings is 1. The van der Waals surface area contributed by atoms with Crippen molar-refractivity contribution < 1.29 is 18.7 Å². The molecule has 3 aromatic rings. The number of nitrogens with one attached hydrogen (secondary N) is 1. The quantitative estimate of drug-likeness (QED) is 0.805. The minimum Gasteiger partial charge on any atom is -0.464 e. The Morgan fingerprint density at radius 3 is 2.91 bits per heavy atom. The predicted octanol–water partition coefficient (Wildman–Crippen LogP) is 3.02. The number of carbonyl (C=O) groups is 1. The van der Waals surface area contributed by atoms with Crippen molar-refractivity contribution in [2.24, 2.45) is 0 Å². The number of hydrogen-bond donors (Lipinski definition) is 1. The van der Waals surface area contributed by atoms with Crippen LogP contribution in [0.1, 0.15) is 11.1 Å². The van der Waals surface area contributed by atoms with Gasteiger partial charge in [-0.25, -0.2) is 0 Å². The van der Waals surface area contributed by atoms with Crippen molar-refractivity contribution in [1.82, 2.24) is 5.32 Å². The van der Waals surface area contributed by atoms with E-state index in [2.05, 4.69) is 5.32 Å². The third-order valence-corrected chi connectivity index (χ3v) is 3.84. The third-order valence-electron chi connectivity index (χ3n) is 3.84. The van der Waals surface area contributed by atoms with E-state index >= 15 is 0 Å². The Hall–Kier alpha value is -2.95. The van der Waals surface area contributed by atoms with Gasteiger partial charge in [-0.05, 0) is 23.8 Å². The standard InChI is InChI=1S/C18H15NO4/c20-18(8-13-10-21-15-4-2-1-3-14(13)15)19-9-12-5-6-16-17(7-12)23-11-22-16/h1-7,10H,8-9,11H2,(H,19,20).